The molecule has 4 rings (SSSR count). The summed E-state index contributed by atoms with van der Waals surface area (Å²) >= 11 is 7.65. The number of halogens is 2. The molecule has 2 aromatic rings. The highest BCUT2D eigenvalue weighted by Gasteiger charge is 2.44. The number of hydrogen-bond donors (Lipinski definition) is 2. The van der Waals surface area contributed by atoms with Crippen LogP contribution in [0.3, 0.4) is 0 Å². The first-order valence-electron chi connectivity index (χ1n) is 9.44. The zero-order valence-electron chi connectivity index (χ0n) is 17.0. The summed E-state index contributed by atoms with van der Waals surface area (Å²) in [6.07, 6.45) is 1.19. The predicted octanol–water partition coefficient (Wildman–Crippen LogP) is 2.38. The van der Waals surface area contributed by atoms with Crippen molar-refractivity contribution < 1.29 is 27.9 Å². The van der Waals surface area contributed by atoms with Gasteiger partial charge in [-0.05, 0) is 17.7 Å². The van der Waals surface area contributed by atoms with Crippen molar-refractivity contribution in [3.8, 4) is 0 Å². The number of aliphatic hydroxyl groups excluding tert-OH is 1. The van der Waals surface area contributed by atoms with E-state index in [-0.39, 0.29) is 18.0 Å². The standard InChI is InChI=1S/C19H20ClFN4O5S2/c1-30-19(26)15-14-8-11(25(27)32(2,28)29)9-24(14)17(18-22-5-6-31-18)23-16(15)12-4-3-10(21)7-13(12)20/h3-7,11,16,19,26-27H,8-9H2,1-2H3/t11-,16-,19?/m0/s1. The summed E-state index contributed by atoms with van der Waals surface area (Å²) < 4.78 is 43.1. The number of aromatic nitrogens is 1. The minimum absolute atomic E-state index is 0.0824. The van der Waals surface area contributed by atoms with Crippen molar-refractivity contribution in [1.82, 2.24) is 14.4 Å². The highest BCUT2D eigenvalue weighted by Crippen LogP contribution is 2.44. The first kappa shape index (κ1) is 23.2. The second-order valence-corrected chi connectivity index (χ2v) is 10.5. The molecule has 0 amide bonds. The summed E-state index contributed by atoms with van der Waals surface area (Å²) in [4.78, 5) is 10.8. The zero-order chi connectivity index (χ0) is 23.2. The number of ether oxygens (including phenoxy) is 1. The number of nitrogens with zero attached hydrogens (tertiary/aromatic N) is 4. The average Bonchev–Trinajstić information content (AvgIpc) is 3.41. The molecule has 13 heteroatoms. The maximum atomic E-state index is 13.7. The molecule has 1 fully saturated rings. The molecule has 0 bridgehead atoms. The van der Waals surface area contributed by atoms with Crippen molar-refractivity contribution in [1.29, 1.82) is 0 Å². The number of thiazole rings is 1. The number of hydroxylamine groups is 1. The molecule has 0 spiro atoms. The van der Waals surface area contributed by atoms with Gasteiger partial charge in [0.1, 0.15) is 11.9 Å². The van der Waals surface area contributed by atoms with E-state index in [1.807, 2.05) is 0 Å². The summed E-state index contributed by atoms with van der Waals surface area (Å²) in [5.41, 5.74) is 1.29. The number of sulfonamides is 1. The largest absolute Gasteiger partial charge is 0.364 e. The Kier molecular flexibility index (Phi) is 6.38. The van der Waals surface area contributed by atoms with Gasteiger partial charge in [0.15, 0.2) is 17.1 Å². The zero-order valence-corrected chi connectivity index (χ0v) is 19.4. The van der Waals surface area contributed by atoms with Gasteiger partial charge in [-0.15, -0.1) is 11.3 Å². The molecular formula is C19H20ClFN4O5S2. The lowest BCUT2D eigenvalue weighted by Gasteiger charge is -2.34. The normalized spacial score (nSPS) is 22.3. The van der Waals surface area contributed by atoms with E-state index in [0.717, 1.165) is 12.3 Å². The van der Waals surface area contributed by atoms with Gasteiger partial charge in [0, 0.05) is 47.9 Å². The molecule has 0 radical (unpaired) electrons. The van der Waals surface area contributed by atoms with Crippen molar-refractivity contribution in [3.63, 3.8) is 0 Å². The predicted molar refractivity (Wildman–Crippen MR) is 116 cm³/mol. The van der Waals surface area contributed by atoms with E-state index in [4.69, 9.17) is 21.3 Å². The third-order valence-corrected chi connectivity index (χ3v) is 7.38. The quantitative estimate of drug-likeness (QED) is 0.460. The molecule has 2 aliphatic heterocycles. The van der Waals surface area contributed by atoms with E-state index in [9.17, 15) is 23.1 Å². The maximum Gasteiger partial charge on any atom is 0.233 e. The SMILES string of the molecule is COC(O)C1=C2C[C@H](N(O)S(C)(=O)=O)CN2C(c2nccs2)=N[C@H]1c1ccc(F)cc1Cl. The van der Waals surface area contributed by atoms with Gasteiger partial charge in [-0.25, -0.2) is 17.8 Å². The smallest absolute Gasteiger partial charge is 0.233 e. The summed E-state index contributed by atoms with van der Waals surface area (Å²) in [5, 5.41) is 23.4. The Morgan fingerprint density at radius 3 is 2.78 bits per heavy atom. The third kappa shape index (κ3) is 4.19. The van der Waals surface area contributed by atoms with Crippen LogP contribution in [0.4, 0.5) is 4.39 Å². The summed E-state index contributed by atoms with van der Waals surface area (Å²) in [5.74, 6) is -0.0938. The first-order valence-corrected chi connectivity index (χ1v) is 12.5. The number of aliphatic hydroxyl groups is 1. The molecule has 1 aromatic heterocycles. The number of benzene rings is 1. The van der Waals surface area contributed by atoms with Crippen LogP contribution in [0.25, 0.3) is 0 Å². The molecule has 1 aromatic carbocycles. The Labute approximate surface area is 193 Å². The van der Waals surface area contributed by atoms with E-state index in [1.165, 1.54) is 30.6 Å². The lowest BCUT2D eigenvalue weighted by atomic mass is 9.94. The van der Waals surface area contributed by atoms with Gasteiger partial charge in [-0.3, -0.25) is 10.2 Å². The summed E-state index contributed by atoms with van der Waals surface area (Å²) in [7, 11) is -2.58. The Balaban J connectivity index is 1.90. The van der Waals surface area contributed by atoms with Gasteiger partial charge in [-0.2, -0.15) is 0 Å². The number of rotatable bonds is 6. The van der Waals surface area contributed by atoms with E-state index in [1.54, 1.807) is 16.5 Å². The molecule has 2 N–H and O–H groups in total. The van der Waals surface area contributed by atoms with Crippen molar-refractivity contribution in [2.45, 2.75) is 24.8 Å². The molecule has 3 heterocycles. The minimum atomic E-state index is -3.89. The molecule has 172 valence electrons. The van der Waals surface area contributed by atoms with Gasteiger partial charge >= 0.3 is 0 Å². The van der Waals surface area contributed by atoms with E-state index >= 15 is 0 Å². The van der Waals surface area contributed by atoms with Gasteiger partial charge in [0.2, 0.25) is 10.0 Å². The van der Waals surface area contributed by atoms with Crippen LogP contribution in [0, 0.1) is 5.82 Å². The summed E-state index contributed by atoms with van der Waals surface area (Å²) in [6, 6.07) is 2.20. The van der Waals surface area contributed by atoms with E-state index < -0.39 is 34.2 Å². The third-order valence-electron chi connectivity index (χ3n) is 5.31. The fourth-order valence-corrected chi connectivity index (χ4v) is 5.51. The minimum Gasteiger partial charge on any atom is -0.364 e. The van der Waals surface area contributed by atoms with Gasteiger partial charge in [-0.1, -0.05) is 22.1 Å². The lowest BCUT2D eigenvalue weighted by Crippen LogP contribution is -2.41. The van der Waals surface area contributed by atoms with E-state index in [2.05, 4.69) is 4.98 Å². The van der Waals surface area contributed by atoms with Crippen LogP contribution in [0.15, 0.2) is 46.0 Å². The highest BCUT2D eigenvalue weighted by atomic mass is 35.5. The number of fused-ring (bicyclic) bond motifs is 1. The van der Waals surface area contributed by atoms with Crippen LogP contribution in [0.5, 0.6) is 0 Å². The second kappa shape index (κ2) is 8.78. The molecule has 2 aliphatic rings. The van der Waals surface area contributed by atoms with Gasteiger partial charge in [0.25, 0.3) is 0 Å². The van der Waals surface area contributed by atoms with Crippen LogP contribution in [-0.4, -0.2) is 71.2 Å². The molecule has 0 saturated carbocycles. The van der Waals surface area contributed by atoms with Crippen LogP contribution >= 0.6 is 22.9 Å². The Hall–Kier alpha value is -1.93. The Bertz CT molecular complexity index is 1190. The maximum absolute atomic E-state index is 13.7. The van der Waals surface area contributed by atoms with Crippen LogP contribution in [0.2, 0.25) is 5.02 Å². The second-order valence-electron chi connectivity index (χ2n) is 7.35. The molecule has 0 aliphatic carbocycles. The molecule has 1 saturated heterocycles. The van der Waals surface area contributed by atoms with Gasteiger partial charge < -0.3 is 14.7 Å². The molecule has 3 atom stereocenters. The fraction of sp³-hybridized carbons (Fsp3) is 0.368. The monoisotopic (exact) mass is 502 g/mol. The fourth-order valence-electron chi connectivity index (χ4n) is 3.91. The number of aliphatic imine (C=N–C) groups is 1. The number of amidine groups is 1. The molecular weight excluding hydrogens is 483 g/mol. The molecule has 32 heavy (non-hydrogen) atoms. The lowest BCUT2D eigenvalue weighted by molar-refractivity contribution is -0.0501. The van der Waals surface area contributed by atoms with Crippen LogP contribution < -0.4 is 0 Å². The number of hydrogen-bond acceptors (Lipinski definition) is 9. The van der Waals surface area contributed by atoms with Crippen LogP contribution in [-0.2, 0) is 14.8 Å². The van der Waals surface area contributed by atoms with Crippen molar-refractivity contribution in [2.24, 2.45) is 4.99 Å². The molecule has 1 unspecified atom stereocenters. The number of methoxy groups -OCH3 is 1. The van der Waals surface area contributed by atoms with Crippen LogP contribution in [0.1, 0.15) is 23.0 Å². The van der Waals surface area contributed by atoms with E-state index in [0.29, 0.717) is 32.1 Å². The highest BCUT2D eigenvalue weighted by molar-refractivity contribution is 7.88. The Morgan fingerprint density at radius 1 is 1.44 bits per heavy atom. The van der Waals surface area contributed by atoms with Crippen molar-refractivity contribution >= 4 is 38.8 Å². The summed E-state index contributed by atoms with van der Waals surface area (Å²) in [6.45, 7) is 0.0844. The topological polar surface area (TPSA) is 116 Å². The van der Waals surface area contributed by atoms with Gasteiger partial charge in [0.05, 0.1) is 12.3 Å². The average molecular weight is 503 g/mol. The first-order chi connectivity index (χ1) is 15.1. The Morgan fingerprint density at radius 2 is 2.19 bits per heavy atom. The van der Waals surface area contributed by atoms with Crippen molar-refractivity contribution in [3.05, 3.63) is 62.5 Å². The van der Waals surface area contributed by atoms with Crippen molar-refractivity contribution in [2.75, 3.05) is 19.9 Å². The molecule has 9 nitrogen and oxygen atoms in total.